The van der Waals surface area contributed by atoms with Gasteiger partial charge in [0, 0.05) is 11.8 Å². The molecule has 0 unspecified atom stereocenters. The van der Waals surface area contributed by atoms with Crippen molar-refractivity contribution in [3.8, 4) is 0 Å². The summed E-state index contributed by atoms with van der Waals surface area (Å²) in [5, 5.41) is -0.0377. The number of carbonyl (C=O) groups excluding carboxylic acids is 2. The Kier molecular flexibility index (Phi) is 8.41. The highest BCUT2D eigenvalue weighted by Gasteiger charge is 2.34. The second-order valence-corrected chi connectivity index (χ2v) is 12.1. The third-order valence-electron chi connectivity index (χ3n) is 3.27. The molecular formula is C21H30ClFN2O5S. The van der Waals surface area contributed by atoms with Crippen molar-refractivity contribution in [2.75, 3.05) is 4.90 Å². The fourth-order valence-electron chi connectivity index (χ4n) is 1.97. The summed E-state index contributed by atoms with van der Waals surface area (Å²) >= 11 is 6.09. The number of hydrogen-bond acceptors (Lipinski definition) is 5. The molecule has 1 atom stereocenters. The van der Waals surface area contributed by atoms with Gasteiger partial charge in [-0.2, -0.15) is 9.30 Å². The van der Waals surface area contributed by atoms with Gasteiger partial charge in [-0.15, -0.1) is 0 Å². The zero-order valence-corrected chi connectivity index (χ0v) is 20.9. The van der Waals surface area contributed by atoms with Gasteiger partial charge in [-0.3, -0.25) is 0 Å². The lowest BCUT2D eigenvalue weighted by atomic mass is 10.2. The first kappa shape index (κ1) is 27.0. The maximum atomic E-state index is 14.8. The van der Waals surface area contributed by atoms with Crippen LogP contribution in [0.25, 0.3) is 0 Å². The van der Waals surface area contributed by atoms with Gasteiger partial charge >= 0.3 is 12.2 Å². The van der Waals surface area contributed by atoms with Crippen molar-refractivity contribution in [3.63, 3.8) is 0 Å². The monoisotopic (exact) mass is 476 g/mol. The molecule has 1 aromatic rings. The van der Waals surface area contributed by atoms with Crippen LogP contribution in [0.4, 0.5) is 19.7 Å². The second kappa shape index (κ2) is 9.65. The molecule has 1 rings (SSSR count). The smallest absolute Gasteiger partial charge is 0.424 e. The predicted molar refractivity (Wildman–Crippen MR) is 122 cm³/mol. The topological polar surface area (TPSA) is 85.3 Å². The molecule has 0 saturated carbocycles. The summed E-state index contributed by atoms with van der Waals surface area (Å²) in [4.78, 5) is 26.0. The van der Waals surface area contributed by atoms with Gasteiger partial charge in [-0.05, 0) is 74.4 Å². The Bertz CT molecular complexity index is 871. The Labute approximate surface area is 190 Å². The maximum absolute atomic E-state index is 14.8. The van der Waals surface area contributed by atoms with E-state index in [1.165, 1.54) is 6.21 Å². The number of anilines is 1. The molecule has 0 N–H and O–H groups in total. The van der Waals surface area contributed by atoms with Crippen LogP contribution in [0.5, 0.6) is 0 Å². The van der Waals surface area contributed by atoms with E-state index in [9.17, 15) is 18.2 Å². The fraction of sp³-hybridized carbons (Fsp3) is 0.571. The molecule has 0 heterocycles. The molecule has 0 bridgehead atoms. The highest BCUT2D eigenvalue weighted by molar-refractivity contribution is 7.85. The van der Waals surface area contributed by atoms with Crippen LogP contribution in [0.15, 0.2) is 16.5 Å². The van der Waals surface area contributed by atoms with E-state index in [2.05, 4.69) is 4.40 Å². The second-order valence-electron chi connectivity index (χ2n) is 9.72. The van der Waals surface area contributed by atoms with Crippen LogP contribution in [0.2, 0.25) is 5.02 Å². The van der Waals surface area contributed by atoms with Crippen LogP contribution >= 0.6 is 11.6 Å². The van der Waals surface area contributed by atoms with Gasteiger partial charge < -0.3 is 9.47 Å². The van der Waals surface area contributed by atoms with Crippen LogP contribution in [-0.4, -0.2) is 38.6 Å². The summed E-state index contributed by atoms with van der Waals surface area (Å²) < 4.78 is 40.9. The molecular weight excluding hydrogens is 447 g/mol. The molecule has 0 spiro atoms. The number of imide groups is 1. The van der Waals surface area contributed by atoms with Gasteiger partial charge in [-0.1, -0.05) is 11.6 Å². The van der Waals surface area contributed by atoms with Crippen LogP contribution in [0.1, 0.15) is 67.9 Å². The highest BCUT2D eigenvalue weighted by Crippen LogP contribution is 2.29. The van der Waals surface area contributed by atoms with Crippen molar-refractivity contribution in [1.82, 2.24) is 0 Å². The van der Waals surface area contributed by atoms with E-state index in [0.717, 1.165) is 12.1 Å². The summed E-state index contributed by atoms with van der Waals surface area (Å²) in [6, 6.07) is 2.08. The third kappa shape index (κ3) is 8.57. The van der Waals surface area contributed by atoms with Crippen molar-refractivity contribution in [2.45, 2.75) is 78.3 Å². The number of rotatable bonds is 3. The average Bonchev–Trinajstić information content (AvgIpc) is 2.51. The molecule has 31 heavy (non-hydrogen) atoms. The van der Waals surface area contributed by atoms with Crippen molar-refractivity contribution in [1.29, 1.82) is 0 Å². The van der Waals surface area contributed by atoms with Crippen molar-refractivity contribution in [2.24, 2.45) is 4.40 Å². The molecule has 10 heteroatoms. The summed E-state index contributed by atoms with van der Waals surface area (Å²) in [5.41, 5.74) is -2.17. The largest absolute Gasteiger partial charge is 0.443 e. The Morgan fingerprint density at radius 1 is 1.00 bits per heavy atom. The number of benzene rings is 1. The zero-order valence-electron chi connectivity index (χ0n) is 19.3. The van der Waals surface area contributed by atoms with Crippen molar-refractivity contribution < 1.29 is 27.7 Å². The van der Waals surface area contributed by atoms with Crippen LogP contribution < -0.4 is 4.90 Å². The Balaban J connectivity index is 3.53. The van der Waals surface area contributed by atoms with E-state index in [1.54, 1.807) is 62.3 Å². The average molecular weight is 477 g/mol. The van der Waals surface area contributed by atoms with E-state index in [1.807, 2.05) is 0 Å². The summed E-state index contributed by atoms with van der Waals surface area (Å²) in [6.07, 6.45) is -1.04. The molecule has 0 radical (unpaired) electrons. The quantitative estimate of drug-likeness (QED) is 0.496. The molecule has 1 aromatic carbocycles. The van der Waals surface area contributed by atoms with Gasteiger partial charge in [0.2, 0.25) is 0 Å². The fourth-order valence-corrected chi connectivity index (χ4v) is 2.70. The van der Waals surface area contributed by atoms with E-state index in [4.69, 9.17) is 21.1 Å². The van der Waals surface area contributed by atoms with Crippen molar-refractivity contribution in [3.05, 3.63) is 28.5 Å². The number of amides is 2. The lowest BCUT2D eigenvalue weighted by Gasteiger charge is -2.29. The van der Waals surface area contributed by atoms with Gasteiger partial charge in [0.25, 0.3) is 0 Å². The van der Waals surface area contributed by atoms with Gasteiger partial charge in [0.15, 0.2) is 0 Å². The first-order valence-corrected chi connectivity index (χ1v) is 11.0. The number of carbonyl (C=O) groups is 2. The molecule has 0 aliphatic rings. The first-order valence-electron chi connectivity index (χ1n) is 9.53. The lowest BCUT2D eigenvalue weighted by molar-refractivity contribution is 0.0429. The number of ether oxygens (including phenoxy) is 2. The van der Waals surface area contributed by atoms with E-state index < -0.39 is 50.6 Å². The summed E-state index contributed by atoms with van der Waals surface area (Å²) in [7, 11) is -1.59. The SMILES string of the molecule is CC(C)(C)OC(=O)N(C(=O)OC(C)(C)C)c1cc(C=N[S@@](=O)C(C)(C)C)c(Cl)cc1F. The van der Waals surface area contributed by atoms with Gasteiger partial charge in [-0.25, -0.2) is 18.2 Å². The van der Waals surface area contributed by atoms with E-state index >= 15 is 0 Å². The minimum absolute atomic E-state index is 0.0377. The third-order valence-corrected chi connectivity index (χ3v) is 4.94. The standard InChI is InChI=1S/C21H30ClFN2O5S/c1-19(2,3)29-17(26)25(18(27)30-20(4,5)6)16-10-13(14(22)11-15(16)23)12-24-31(28)21(7,8)9/h10-12H,1-9H3/t31-/m0/s1. The van der Waals surface area contributed by atoms with E-state index in [0.29, 0.717) is 4.90 Å². The normalized spacial score (nSPS) is 13.8. The van der Waals surface area contributed by atoms with Gasteiger partial charge in [0.05, 0.1) is 15.5 Å². The maximum Gasteiger partial charge on any atom is 0.424 e. The molecule has 0 aliphatic carbocycles. The number of hydrogen-bond donors (Lipinski definition) is 0. The molecule has 7 nitrogen and oxygen atoms in total. The summed E-state index contributed by atoms with van der Waals surface area (Å²) in [5.74, 6) is -0.948. The zero-order chi connectivity index (χ0) is 24.4. The number of halogens is 2. The predicted octanol–water partition coefficient (Wildman–Crippen LogP) is 6.04. The minimum Gasteiger partial charge on any atom is -0.443 e. The Hall–Kier alpha value is -2.00. The molecule has 0 fully saturated rings. The lowest BCUT2D eigenvalue weighted by Crippen LogP contribution is -2.44. The van der Waals surface area contributed by atoms with Crippen LogP contribution in [0.3, 0.4) is 0 Å². The molecule has 2 amide bonds. The molecule has 174 valence electrons. The highest BCUT2D eigenvalue weighted by atomic mass is 35.5. The Morgan fingerprint density at radius 3 is 1.84 bits per heavy atom. The first-order chi connectivity index (χ1) is 13.8. The van der Waals surface area contributed by atoms with Gasteiger partial charge in [0.1, 0.15) is 28.0 Å². The summed E-state index contributed by atoms with van der Waals surface area (Å²) in [6.45, 7) is 14.9. The minimum atomic E-state index is -1.59. The van der Waals surface area contributed by atoms with Crippen LogP contribution in [-0.2, 0) is 20.5 Å². The van der Waals surface area contributed by atoms with Crippen molar-refractivity contribution >= 4 is 46.7 Å². The van der Waals surface area contributed by atoms with Crippen LogP contribution in [0, 0.1) is 5.82 Å². The Morgan fingerprint density at radius 2 is 1.45 bits per heavy atom. The molecule has 0 aliphatic heterocycles. The molecule has 0 aromatic heterocycles. The number of nitrogens with zero attached hydrogens (tertiary/aromatic N) is 2. The molecule has 0 saturated heterocycles. The van der Waals surface area contributed by atoms with E-state index in [-0.39, 0.29) is 10.6 Å².